The van der Waals surface area contributed by atoms with Crippen molar-refractivity contribution in [3.63, 3.8) is 0 Å². The van der Waals surface area contributed by atoms with Crippen LogP contribution in [0.25, 0.3) is 11.3 Å². The molecule has 140 valence electrons. The zero-order valence-electron chi connectivity index (χ0n) is 16.2. The van der Waals surface area contributed by atoms with Crippen LogP contribution in [0.5, 0.6) is 0 Å². The summed E-state index contributed by atoms with van der Waals surface area (Å²) in [4.78, 5) is 23.7. The number of hydrogen-bond acceptors (Lipinski definition) is 5. The molecule has 1 saturated carbocycles. The molecule has 28 heavy (non-hydrogen) atoms. The zero-order chi connectivity index (χ0) is 19.5. The highest BCUT2D eigenvalue weighted by Gasteiger charge is 2.45. The van der Waals surface area contributed by atoms with Gasteiger partial charge in [0.15, 0.2) is 5.82 Å². The van der Waals surface area contributed by atoms with E-state index in [2.05, 4.69) is 20.2 Å². The van der Waals surface area contributed by atoms with Crippen LogP contribution in [0.1, 0.15) is 49.6 Å². The van der Waals surface area contributed by atoms with E-state index >= 15 is 0 Å². The number of aryl methyl sites for hydroxylation is 1. The molecular weight excluding hydrogens is 350 g/mol. The van der Waals surface area contributed by atoms with E-state index in [9.17, 15) is 4.79 Å². The molecule has 0 saturated heterocycles. The second-order valence-electron chi connectivity index (χ2n) is 8.13. The van der Waals surface area contributed by atoms with Gasteiger partial charge in [0.25, 0.3) is 0 Å². The predicted octanol–water partition coefficient (Wildman–Crippen LogP) is 4.08. The van der Waals surface area contributed by atoms with E-state index < -0.39 is 5.41 Å². The topological polar surface area (TPSA) is 71.9 Å². The van der Waals surface area contributed by atoms with Crippen LogP contribution in [0.15, 0.2) is 42.7 Å². The van der Waals surface area contributed by atoms with E-state index in [0.29, 0.717) is 11.7 Å². The highest BCUT2D eigenvalue weighted by Crippen LogP contribution is 2.46. The van der Waals surface area contributed by atoms with E-state index in [1.807, 2.05) is 51.1 Å². The Hall–Kier alpha value is -3.15. The summed E-state index contributed by atoms with van der Waals surface area (Å²) >= 11 is 0. The molecule has 1 aliphatic heterocycles. The number of fused-ring (bicyclic) bond motifs is 1. The van der Waals surface area contributed by atoms with Crippen LogP contribution in [-0.2, 0) is 10.2 Å². The molecule has 3 aromatic rings. The van der Waals surface area contributed by atoms with Gasteiger partial charge in [0, 0.05) is 17.7 Å². The molecule has 0 unspecified atom stereocenters. The summed E-state index contributed by atoms with van der Waals surface area (Å²) in [6, 6.07) is 9.90. The van der Waals surface area contributed by atoms with Crippen molar-refractivity contribution < 1.29 is 4.79 Å². The van der Waals surface area contributed by atoms with Gasteiger partial charge in [-0.2, -0.15) is 5.10 Å². The maximum atomic E-state index is 13.2. The van der Waals surface area contributed by atoms with Crippen LogP contribution in [0.2, 0.25) is 0 Å². The van der Waals surface area contributed by atoms with Gasteiger partial charge in [0.1, 0.15) is 0 Å². The van der Waals surface area contributed by atoms with Gasteiger partial charge < -0.3 is 0 Å². The van der Waals surface area contributed by atoms with Crippen LogP contribution < -0.4 is 4.90 Å². The quantitative estimate of drug-likeness (QED) is 0.694. The lowest BCUT2D eigenvalue weighted by Gasteiger charge is -2.19. The lowest BCUT2D eigenvalue weighted by atomic mass is 9.86. The van der Waals surface area contributed by atoms with Crippen LogP contribution in [0, 0.1) is 6.92 Å². The summed E-state index contributed by atoms with van der Waals surface area (Å²) < 4.78 is 0. The summed E-state index contributed by atoms with van der Waals surface area (Å²) in [5.74, 6) is 1.10. The van der Waals surface area contributed by atoms with Crippen molar-refractivity contribution in [2.24, 2.45) is 0 Å². The smallest absolute Gasteiger partial charge is 0.242 e. The lowest BCUT2D eigenvalue weighted by Crippen LogP contribution is -2.33. The lowest BCUT2D eigenvalue weighted by molar-refractivity contribution is -0.121. The Labute approximate surface area is 163 Å². The van der Waals surface area contributed by atoms with Crippen LogP contribution >= 0.6 is 0 Å². The molecule has 1 aromatic carbocycles. The number of hydrogen-bond donors (Lipinski definition) is 0. The van der Waals surface area contributed by atoms with Crippen molar-refractivity contribution in [1.29, 1.82) is 0 Å². The molecule has 0 atom stereocenters. The standard InChI is InChI=1S/C22H21N5O/c1-13-11-24-18(12-23-13)15-6-7-16-19(10-15)27(21(28)22(16,2)3)20-9-8-17(25-26-20)14-4-5-14/h6-12,14H,4-5H2,1-3H3. The third-order valence-electron chi connectivity index (χ3n) is 5.62. The molecular formula is C22H21N5O. The molecule has 0 N–H and O–H groups in total. The van der Waals surface area contributed by atoms with E-state index in [-0.39, 0.29) is 5.91 Å². The van der Waals surface area contributed by atoms with E-state index in [1.165, 1.54) is 12.8 Å². The molecule has 2 aliphatic rings. The number of carbonyl (C=O) groups excluding carboxylic acids is 1. The second kappa shape index (κ2) is 5.92. The molecule has 1 fully saturated rings. The van der Waals surface area contributed by atoms with Gasteiger partial charge >= 0.3 is 0 Å². The fraction of sp³-hybridized carbons (Fsp3) is 0.318. The van der Waals surface area contributed by atoms with Crippen LogP contribution in [0.3, 0.4) is 0 Å². The molecule has 6 nitrogen and oxygen atoms in total. The van der Waals surface area contributed by atoms with Crippen molar-refractivity contribution in [3.8, 4) is 11.3 Å². The number of benzene rings is 1. The fourth-order valence-electron chi connectivity index (χ4n) is 3.73. The SMILES string of the molecule is Cc1cnc(-c2ccc3c(c2)N(c2ccc(C4CC4)nn2)C(=O)C3(C)C)cn1. The van der Waals surface area contributed by atoms with Crippen molar-refractivity contribution >= 4 is 17.4 Å². The Balaban J connectivity index is 1.60. The van der Waals surface area contributed by atoms with Crippen molar-refractivity contribution in [1.82, 2.24) is 20.2 Å². The first-order valence-corrected chi connectivity index (χ1v) is 9.57. The number of nitrogens with zero attached hydrogens (tertiary/aromatic N) is 5. The van der Waals surface area contributed by atoms with Gasteiger partial charge in [-0.25, -0.2) is 0 Å². The summed E-state index contributed by atoms with van der Waals surface area (Å²) in [5, 5.41) is 8.74. The van der Waals surface area contributed by atoms with E-state index in [0.717, 1.165) is 33.9 Å². The Morgan fingerprint density at radius 1 is 1.04 bits per heavy atom. The van der Waals surface area contributed by atoms with Gasteiger partial charge in [-0.3, -0.25) is 19.7 Å². The van der Waals surface area contributed by atoms with E-state index in [4.69, 9.17) is 0 Å². The maximum absolute atomic E-state index is 13.2. The molecule has 0 radical (unpaired) electrons. The minimum Gasteiger partial charge on any atom is -0.273 e. The normalized spacial score (nSPS) is 17.7. The number of anilines is 2. The van der Waals surface area contributed by atoms with Crippen molar-refractivity contribution in [3.05, 3.63) is 59.7 Å². The van der Waals surface area contributed by atoms with Crippen LogP contribution in [-0.4, -0.2) is 26.1 Å². The summed E-state index contributed by atoms with van der Waals surface area (Å²) in [5.41, 5.74) is 4.78. The van der Waals surface area contributed by atoms with Crippen molar-refractivity contribution in [2.75, 3.05) is 4.90 Å². The Morgan fingerprint density at radius 3 is 2.50 bits per heavy atom. The monoisotopic (exact) mass is 371 g/mol. The first-order chi connectivity index (χ1) is 13.4. The zero-order valence-corrected chi connectivity index (χ0v) is 16.2. The third kappa shape index (κ3) is 2.59. The van der Waals surface area contributed by atoms with Gasteiger partial charge in [0.05, 0.1) is 34.4 Å². The van der Waals surface area contributed by atoms with E-state index in [1.54, 1.807) is 17.3 Å². The van der Waals surface area contributed by atoms with Gasteiger partial charge in [-0.15, -0.1) is 5.10 Å². The van der Waals surface area contributed by atoms with Crippen molar-refractivity contribution in [2.45, 2.75) is 44.9 Å². The molecule has 6 heteroatoms. The third-order valence-corrected chi connectivity index (χ3v) is 5.62. The summed E-state index contributed by atoms with van der Waals surface area (Å²) in [6.07, 6.45) is 5.85. The predicted molar refractivity (Wildman–Crippen MR) is 106 cm³/mol. The average molecular weight is 371 g/mol. The fourth-order valence-corrected chi connectivity index (χ4v) is 3.73. The number of rotatable bonds is 3. The molecule has 5 rings (SSSR count). The molecule has 2 aromatic heterocycles. The number of aromatic nitrogens is 4. The van der Waals surface area contributed by atoms with Gasteiger partial charge in [0.2, 0.25) is 5.91 Å². The summed E-state index contributed by atoms with van der Waals surface area (Å²) in [7, 11) is 0. The maximum Gasteiger partial charge on any atom is 0.242 e. The molecule has 3 heterocycles. The molecule has 0 bridgehead atoms. The Morgan fingerprint density at radius 2 is 1.86 bits per heavy atom. The number of carbonyl (C=O) groups is 1. The minimum atomic E-state index is -0.621. The Bertz CT molecular complexity index is 1070. The molecule has 1 aliphatic carbocycles. The number of amides is 1. The first-order valence-electron chi connectivity index (χ1n) is 9.57. The Kier molecular flexibility index (Phi) is 3.59. The first kappa shape index (κ1) is 17.0. The highest BCUT2D eigenvalue weighted by molar-refractivity contribution is 6.12. The summed E-state index contributed by atoms with van der Waals surface area (Å²) in [6.45, 7) is 5.81. The minimum absolute atomic E-state index is 0.00288. The average Bonchev–Trinajstić information content (AvgIpc) is 3.52. The molecule has 0 spiro atoms. The largest absolute Gasteiger partial charge is 0.273 e. The van der Waals surface area contributed by atoms with Gasteiger partial charge in [-0.1, -0.05) is 12.1 Å². The van der Waals surface area contributed by atoms with Crippen LogP contribution in [0.4, 0.5) is 11.5 Å². The highest BCUT2D eigenvalue weighted by atomic mass is 16.2. The second-order valence-corrected chi connectivity index (χ2v) is 8.13. The van der Waals surface area contributed by atoms with Gasteiger partial charge in [-0.05, 0) is 57.4 Å². The molecule has 1 amide bonds.